The second kappa shape index (κ2) is 7.26. The summed E-state index contributed by atoms with van der Waals surface area (Å²) in [4.78, 5) is 25.6. The Bertz CT molecular complexity index is 682. The summed E-state index contributed by atoms with van der Waals surface area (Å²) in [7, 11) is 1.67. The van der Waals surface area contributed by atoms with Crippen molar-refractivity contribution in [1.29, 1.82) is 0 Å². The number of nitrogens with zero attached hydrogens (tertiary/aromatic N) is 1. The lowest BCUT2D eigenvalue weighted by Gasteiger charge is -2.16. The molecule has 1 N–H and O–H groups in total. The van der Waals surface area contributed by atoms with Gasteiger partial charge < -0.3 is 14.6 Å². The van der Waals surface area contributed by atoms with Crippen molar-refractivity contribution in [2.75, 3.05) is 13.6 Å². The predicted octanol–water partition coefficient (Wildman–Crippen LogP) is 2.74. The van der Waals surface area contributed by atoms with Gasteiger partial charge in [0.15, 0.2) is 0 Å². The Balaban J connectivity index is 1.87. The quantitative estimate of drug-likeness (QED) is 0.886. The molecule has 0 unspecified atom stereocenters. The smallest absolute Gasteiger partial charge is 0.252 e. The Morgan fingerprint density at radius 2 is 1.95 bits per heavy atom. The summed E-state index contributed by atoms with van der Waals surface area (Å²) in [6, 6.07) is 10.8. The van der Waals surface area contributed by atoms with Crippen molar-refractivity contribution in [3.05, 3.63) is 58.0 Å². The molecule has 0 aliphatic carbocycles. The van der Waals surface area contributed by atoms with E-state index in [1.807, 2.05) is 25.1 Å². The lowest BCUT2D eigenvalue weighted by Crippen LogP contribution is -2.37. The summed E-state index contributed by atoms with van der Waals surface area (Å²) >= 11 is 3.31. The van der Waals surface area contributed by atoms with Crippen LogP contribution < -0.4 is 5.32 Å². The van der Waals surface area contributed by atoms with E-state index in [4.69, 9.17) is 4.42 Å². The van der Waals surface area contributed by atoms with Gasteiger partial charge in [0.2, 0.25) is 5.91 Å². The van der Waals surface area contributed by atoms with Crippen LogP contribution in [0.15, 0.2) is 45.3 Å². The fourth-order valence-corrected chi connectivity index (χ4v) is 2.39. The third kappa shape index (κ3) is 4.21. The largest absolute Gasteiger partial charge is 0.464 e. The van der Waals surface area contributed by atoms with Crippen molar-refractivity contribution in [2.24, 2.45) is 0 Å². The van der Waals surface area contributed by atoms with Crippen LogP contribution in [0, 0.1) is 6.92 Å². The lowest BCUT2D eigenvalue weighted by molar-refractivity contribution is -0.129. The van der Waals surface area contributed by atoms with E-state index in [1.165, 1.54) is 4.90 Å². The fourth-order valence-electron chi connectivity index (χ4n) is 1.92. The maximum atomic E-state index is 12.0. The van der Waals surface area contributed by atoms with E-state index in [9.17, 15) is 9.59 Å². The van der Waals surface area contributed by atoms with Crippen LogP contribution in [0.4, 0.5) is 0 Å². The molecule has 0 atom stereocenters. The molecule has 0 aliphatic heterocycles. The van der Waals surface area contributed by atoms with Crippen LogP contribution in [0.25, 0.3) is 0 Å². The second-order valence-corrected chi connectivity index (χ2v) is 5.78. The van der Waals surface area contributed by atoms with Gasteiger partial charge in [-0.15, -0.1) is 0 Å². The third-order valence-electron chi connectivity index (χ3n) is 3.13. The molecule has 0 fully saturated rings. The molecule has 1 heterocycles. The minimum atomic E-state index is -0.289. The summed E-state index contributed by atoms with van der Waals surface area (Å²) in [6.07, 6.45) is 0. The second-order valence-electron chi connectivity index (χ2n) is 4.92. The van der Waals surface area contributed by atoms with E-state index in [-0.39, 0.29) is 18.4 Å². The number of carbonyl (C=O) groups is 2. The summed E-state index contributed by atoms with van der Waals surface area (Å²) in [5.41, 5.74) is 0.500. The average molecular weight is 365 g/mol. The predicted molar refractivity (Wildman–Crippen MR) is 86.4 cm³/mol. The van der Waals surface area contributed by atoms with Crippen LogP contribution >= 0.6 is 15.9 Å². The first-order chi connectivity index (χ1) is 10.5. The Morgan fingerprint density at radius 3 is 2.59 bits per heavy atom. The van der Waals surface area contributed by atoms with Crippen LogP contribution in [0.5, 0.6) is 0 Å². The Hall–Kier alpha value is -2.08. The number of furan rings is 1. The van der Waals surface area contributed by atoms with Gasteiger partial charge in [0, 0.05) is 11.5 Å². The van der Waals surface area contributed by atoms with Gasteiger partial charge in [0.25, 0.3) is 5.91 Å². The topological polar surface area (TPSA) is 62.6 Å². The molecule has 0 spiro atoms. The molecule has 5 nitrogen and oxygen atoms in total. The highest BCUT2D eigenvalue weighted by molar-refractivity contribution is 9.10. The molecule has 22 heavy (non-hydrogen) atoms. The van der Waals surface area contributed by atoms with Gasteiger partial charge in [0.05, 0.1) is 18.7 Å². The Labute approximate surface area is 137 Å². The van der Waals surface area contributed by atoms with E-state index in [1.54, 1.807) is 25.2 Å². The van der Waals surface area contributed by atoms with Gasteiger partial charge in [0.1, 0.15) is 11.5 Å². The Morgan fingerprint density at radius 1 is 1.23 bits per heavy atom. The lowest BCUT2D eigenvalue weighted by atomic mass is 10.2. The first-order valence-corrected chi connectivity index (χ1v) is 7.58. The van der Waals surface area contributed by atoms with Crippen LogP contribution in [0.1, 0.15) is 21.9 Å². The van der Waals surface area contributed by atoms with Crippen LogP contribution in [-0.2, 0) is 11.3 Å². The molecular weight excluding hydrogens is 348 g/mol. The zero-order chi connectivity index (χ0) is 16.1. The van der Waals surface area contributed by atoms with E-state index in [0.29, 0.717) is 22.3 Å². The number of aryl methyl sites for hydroxylation is 1. The third-order valence-corrected chi connectivity index (χ3v) is 3.82. The zero-order valence-corrected chi connectivity index (χ0v) is 14.0. The average Bonchev–Trinajstić information content (AvgIpc) is 2.90. The maximum absolute atomic E-state index is 12.0. The number of likely N-dealkylation sites (N-methyl/N-ethyl adjacent to an activating group) is 1. The molecule has 0 saturated heterocycles. The first kappa shape index (κ1) is 16.3. The van der Waals surface area contributed by atoms with Crippen molar-refractivity contribution < 1.29 is 14.0 Å². The van der Waals surface area contributed by atoms with E-state index >= 15 is 0 Å². The van der Waals surface area contributed by atoms with Crippen LogP contribution in [0.2, 0.25) is 0 Å². The number of carbonyl (C=O) groups excluding carboxylic acids is 2. The highest BCUT2D eigenvalue weighted by Gasteiger charge is 2.14. The highest BCUT2D eigenvalue weighted by Crippen LogP contribution is 2.15. The highest BCUT2D eigenvalue weighted by atomic mass is 79.9. The molecule has 6 heteroatoms. The van der Waals surface area contributed by atoms with Gasteiger partial charge in [-0.1, -0.05) is 12.1 Å². The summed E-state index contributed by atoms with van der Waals surface area (Å²) < 4.78 is 6.12. The molecule has 1 aromatic carbocycles. The number of nitrogens with one attached hydrogen (secondary N) is 1. The number of amides is 2. The Kier molecular flexibility index (Phi) is 5.38. The molecule has 116 valence electrons. The fraction of sp³-hybridized carbons (Fsp3) is 0.250. The summed E-state index contributed by atoms with van der Waals surface area (Å²) in [5.74, 6) is 1.04. The van der Waals surface area contributed by atoms with Gasteiger partial charge in [-0.05, 0) is 47.1 Å². The van der Waals surface area contributed by atoms with Crippen molar-refractivity contribution in [2.45, 2.75) is 13.5 Å². The van der Waals surface area contributed by atoms with Crippen molar-refractivity contribution in [1.82, 2.24) is 10.2 Å². The number of hydrogen-bond donors (Lipinski definition) is 1. The van der Waals surface area contributed by atoms with Crippen LogP contribution in [0.3, 0.4) is 0 Å². The molecule has 0 bridgehead atoms. The van der Waals surface area contributed by atoms with Gasteiger partial charge >= 0.3 is 0 Å². The molecule has 2 rings (SSSR count). The maximum Gasteiger partial charge on any atom is 0.252 e. The van der Waals surface area contributed by atoms with Gasteiger partial charge in [-0.25, -0.2) is 0 Å². The number of rotatable bonds is 5. The molecule has 0 saturated carbocycles. The first-order valence-electron chi connectivity index (χ1n) is 6.79. The molecule has 0 radical (unpaired) electrons. The van der Waals surface area contributed by atoms with Crippen molar-refractivity contribution in [3.8, 4) is 0 Å². The SMILES string of the molecule is Cc1ccc(CN(C)C(=O)CNC(=O)c2ccccc2Br)o1. The summed E-state index contributed by atoms with van der Waals surface area (Å²) in [6.45, 7) is 2.16. The molecule has 1 aromatic heterocycles. The van der Waals surface area contributed by atoms with Crippen molar-refractivity contribution in [3.63, 3.8) is 0 Å². The van der Waals surface area contributed by atoms with E-state index in [2.05, 4.69) is 21.2 Å². The minimum Gasteiger partial charge on any atom is -0.464 e. The van der Waals surface area contributed by atoms with E-state index in [0.717, 1.165) is 5.76 Å². The molecule has 2 aromatic rings. The van der Waals surface area contributed by atoms with Crippen molar-refractivity contribution >= 4 is 27.7 Å². The number of benzene rings is 1. The van der Waals surface area contributed by atoms with Gasteiger partial charge in [-0.3, -0.25) is 9.59 Å². The monoisotopic (exact) mass is 364 g/mol. The molecule has 2 amide bonds. The summed E-state index contributed by atoms with van der Waals surface area (Å²) in [5, 5.41) is 2.62. The molecule has 0 aliphatic rings. The zero-order valence-electron chi connectivity index (χ0n) is 12.4. The van der Waals surface area contributed by atoms with Gasteiger partial charge in [-0.2, -0.15) is 0 Å². The standard InChI is InChI=1S/C16H17BrN2O3/c1-11-7-8-12(22-11)10-19(2)15(20)9-18-16(21)13-5-3-4-6-14(13)17/h3-8H,9-10H2,1-2H3,(H,18,21). The number of halogens is 1. The minimum absolute atomic E-state index is 0.0592. The van der Waals surface area contributed by atoms with E-state index < -0.39 is 0 Å². The normalized spacial score (nSPS) is 10.3. The van der Waals surface area contributed by atoms with Crippen LogP contribution in [-0.4, -0.2) is 30.3 Å². The number of hydrogen-bond acceptors (Lipinski definition) is 3. The molecular formula is C16H17BrN2O3.